The first-order chi connectivity index (χ1) is 19.4. The lowest BCUT2D eigenvalue weighted by Crippen LogP contribution is -2.41. The van der Waals surface area contributed by atoms with Gasteiger partial charge in [0.05, 0.1) is 41.2 Å². The van der Waals surface area contributed by atoms with Crippen LogP contribution in [0.5, 0.6) is 5.75 Å². The number of amides is 2. The van der Waals surface area contributed by atoms with Gasteiger partial charge in [0.2, 0.25) is 0 Å². The van der Waals surface area contributed by atoms with E-state index in [9.17, 15) is 9.59 Å². The zero-order valence-corrected chi connectivity index (χ0v) is 23.8. The minimum Gasteiger partial charge on any atom is -0.494 e. The fraction of sp³-hybridized carbons (Fsp3) is 0.333. The maximum absolute atomic E-state index is 14.3. The summed E-state index contributed by atoms with van der Waals surface area (Å²) in [6.07, 6.45) is 1.15. The van der Waals surface area contributed by atoms with Crippen molar-refractivity contribution in [1.82, 2.24) is 0 Å². The molecular formula is C33H36N4O3. The predicted octanol–water partition coefficient (Wildman–Crippen LogP) is 6.64. The van der Waals surface area contributed by atoms with Crippen LogP contribution in [0.4, 0.5) is 11.4 Å². The number of para-hydroxylation sites is 1. The van der Waals surface area contributed by atoms with Crippen LogP contribution in [0.3, 0.4) is 0 Å². The van der Waals surface area contributed by atoms with Crippen LogP contribution in [-0.4, -0.2) is 29.8 Å². The highest BCUT2D eigenvalue weighted by Gasteiger charge is 2.51. The van der Waals surface area contributed by atoms with Crippen LogP contribution in [0.1, 0.15) is 56.2 Å². The molecular weight excluding hydrogens is 500 g/mol. The number of hydrazone groups is 2. The second kappa shape index (κ2) is 11.5. The van der Waals surface area contributed by atoms with Gasteiger partial charge in [0.15, 0.2) is 0 Å². The molecule has 0 radical (unpaired) electrons. The molecule has 7 nitrogen and oxygen atoms in total. The molecule has 7 heteroatoms. The van der Waals surface area contributed by atoms with E-state index in [0.717, 1.165) is 28.1 Å². The zero-order chi connectivity index (χ0) is 28.4. The molecule has 0 aromatic heterocycles. The van der Waals surface area contributed by atoms with Crippen molar-refractivity contribution in [3.63, 3.8) is 0 Å². The lowest BCUT2D eigenvalue weighted by Gasteiger charge is -2.30. The van der Waals surface area contributed by atoms with Crippen molar-refractivity contribution in [2.24, 2.45) is 22.0 Å². The number of carbonyl (C=O) groups is 2. The van der Waals surface area contributed by atoms with E-state index in [4.69, 9.17) is 14.9 Å². The first-order valence-corrected chi connectivity index (χ1v) is 14.1. The van der Waals surface area contributed by atoms with E-state index in [0.29, 0.717) is 36.6 Å². The summed E-state index contributed by atoms with van der Waals surface area (Å²) in [7, 11) is 0. The smallest absolute Gasteiger partial charge is 0.256 e. The number of ether oxygens (including phenoxy) is 1. The highest BCUT2D eigenvalue weighted by molar-refractivity contribution is 6.20. The van der Waals surface area contributed by atoms with Crippen LogP contribution < -0.4 is 14.8 Å². The molecule has 0 spiro atoms. The van der Waals surface area contributed by atoms with E-state index in [1.54, 1.807) is 0 Å². The SMILES string of the molecule is CCOc1ccccc1C(C1C(=O)N(c2ccc(C)cc2)N=C1CC)C1C(=O)N(c2ccc(C)cc2)N=C1CC. The first-order valence-electron chi connectivity index (χ1n) is 14.1. The number of anilines is 2. The summed E-state index contributed by atoms with van der Waals surface area (Å²) in [6, 6.07) is 23.3. The average Bonchev–Trinajstić information content (AvgIpc) is 3.47. The lowest BCUT2D eigenvalue weighted by molar-refractivity contribution is -0.122. The number of rotatable bonds is 9. The van der Waals surface area contributed by atoms with E-state index in [1.165, 1.54) is 10.0 Å². The number of aryl methyl sites for hydroxylation is 2. The Kier molecular flexibility index (Phi) is 7.83. The first kappa shape index (κ1) is 27.3. The molecule has 2 amide bonds. The highest BCUT2D eigenvalue weighted by atomic mass is 16.5. The Morgan fingerprint density at radius 1 is 0.700 bits per heavy atom. The Morgan fingerprint density at radius 2 is 1.15 bits per heavy atom. The zero-order valence-electron chi connectivity index (χ0n) is 23.8. The standard InChI is InChI=1S/C33H36N4O3/c1-6-26-30(32(38)36(34-26)23-17-13-21(4)14-18-23)29(25-11-9-10-12-28(25)40-8-3)31-27(7-2)35-37(33(31)39)24-19-15-22(5)16-20-24/h9-20,29-31H,6-8H2,1-5H3. The maximum Gasteiger partial charge on any atom is 0.256 e. The van der Waals surface area contributed by atoms with Gasteiger partial charge >= 0.3 is 0 Å². The second-order valence-corrected chi connectivity index (χ2v) is 10.3. The van der Waals surface area contributed by atoms with Crippen LogP contribution >= 0.6 is 0 Å². The van der Waals surface area contributed by atoms with Gasteiger partial charge in [-0.1, -0.05) is 67.4 Å². The fourth-order valence-corrected chi connectivity index (χ4v) is 5.67. The van der Waals surface area contributed by atoms with Gasteiger partial charge in [-0.3, -0.25) is 9.59 Å². The van der Waals surface area contributed by atoms with Gasteiger partial charge in [0.25, 0.3) is 11.8 Å². The Labute approximate surface area is 236 Å². The maximum atomic E-state index is 14.3. The molecule has 5 rings (SSSR count). The van der Waals surface area contributed by atoms with Crippen molar-refractivity contribution in [3.05, 3.63) is 89.5 Å². The minimum atomic E-state index is -0.642. The van der Waals surface area contributed by atoms with Gasteiger partial charge in [-0.2, -0.15) is 10.2 Å². The molecule has 2 unspecified atom stereocenters. The normalized spacial score (nSPS) is 19.6. The van der Waals surface area contributed by atoms with Gasteiger partial charge < -0.3 is 4.74 Å². The fourth-order valence-electron chi connectivity index (χ4n) is 5.67. The topological polar surface area (TPSA) is 74.6 Å². The van der Waals surface area contributed by atoms with E-state index in [2.05, 4.69) is 0 Å². The lowest BCUT2D eigenvalue weighted by atomic mass is 9.71. The second-order valence-electron chi connectivity index (χ2n) is 10.3. The molecule has 0 N–H and O–H groups in total. The predicted molar refractivity (Wildman–Crippen MR) is 160 cm³/mol. The Hall–Kier alpha value is -4.26. The third kappa shape index (κ3) is 4.92. The third-order valence-corrected chi connectivity index (χ3v) is 7.70. The molecule has 206 valence electrons. The van der Waals surface area contributed by atoms with Crippen molar-refractivity contribution in [1.29, 1.82) is 0 Å². The molecule has 0 saturated heterocycles. The van der Waals surface area contributed by atoms with Crippen molar-refractivity contribution < 1.29 is 14.3 Å². The van der Waals surface area contributed by atoms with Gasteiger partial charge in [0, 0.05) is 5.92 Å². The average molecular weight is 537 g/mol. The van der Waals surface area contributed by atoms with E-state index in [1.807, 2.05) is 107 Å². The summed E-state index contributed by atoms with van der Waals surface area (Å²) in [5.41, 5.74) is 5.95. The van der Waals surface area contributed by atoms with Crippen molar-refractivity contribution in [3.8, 4) is 5.75 Å². The van der Waals surface area contributed by atoms with E-state index in [-0.39, 0.29) is 11.8 Å². The number of benzene rings is 3. The summed E-state index contributed by atoms with van der Waals surface area (Å²) in [5.74, 6) is -1.44. The third-order valence-electron chi connectivity index (χ3n) is 7.70. The molecule has 0 fully saturated rings. The van der Waals surface area contributed by atoms with Crippen LogP contribution in [0.2, 0.25) is 0 Å². The number of hydrogen-bond acceptors (Lipinski definition) is 5. The van der Waals surface area contributed by atoms with Crippen molar-refractivity contribution >= 4 is 34.6 Å². The number of carbonyl (C=O) groups excluding carboxylic acids is 2. The Balaban J connectivity index is 1.64. The van der Waals surface area contributed by atoms with Crippen molar-refractivity contribution in [2.75, 3.05) is 16.6 Å². The summed E-state index contributed by atoms with van der Waals surface area (Å²) < 4.78 is 6.07. The molecule has 0 bridgehead atoms. The molecule has 2 aliphatic rings. The Bertz CT molecular complexity index is 1370. The molecule has 3 aromatic rings. The molecule has 3 aromatic carbocycles. The van der Waals surface area contributed by atoms with Gasteiger partial charge in [0.1, 0.15) is 5.75 Å². The van der Waals surface area contributed by atoms with Crippen LogP contribution in [0.15, 0.2) is 83.0 Å². The summed E-state index contributed by atoms with van der Waals surface area (Å²) >= 11 is 0. The molecule has 2 heterocycles. The largest absolute Gasteiger partial charge is 0.494 e. The van der Waals surface area contributed by atoms with Crippen LogP contribution in [0, 0.1) is 25.7 Å². The molecule has 40 heavy (non-hydrogen) atoms. The van der Waals surface area contributed by atoms with Gasteiger partial charge in [-0.25, -0.2) is 10.0 Å². The van der Waals surface area contributed by atoms with Gasteiger partial charge in [-0.05, 0) is 69.5 Å². The van der Waals surface area contributed by atoms with E-state index < -0.39 is 17.8 Å². The quantitative estimate of drug-likeness (QED) is 0.308. The molecule has 2 atom stereocenters. The Morgan fingerprint density at radius 3 is 1.57 bits per heavy atom. The van der Waals surface area contributed by atoms with Crippen molar-refractivity contribution in [2.45, 2.75) is 53.4 Å². The monoisotopic (exact) mass is 536 g/mol. The number of hydrogen-bond donors (Lipinski definition) is 0. The number of nitrogens with zero attached hydrogens (tertiary/aromatic N) is 4. The molecule has 0 aliphatic carbocycles. The summed E-state index contributed by atoms with van der Waals surface area (Å²) in [4.78, 5) is 28.6. The van der Waals surface area contributed by atoms with Crippen LogP contribution in [-0.2, 0) is 9.59 Å². The summed E-state index contributed by atoms with van der Waals surface area (Å²) in [6.45, 7) is 10.4. The van der Waals surface area contributed by atoms with Gasteiger partial charge in [-0.15, -0.1) is 0 Å². The molecule has 0 saturated carbocycles. The molecule has 2 aliphatic heterocycles. The highest BCUT2D eigenvalue weighted by Crippen LogP contribution is 2.46. The van der Waals surface area contributed by atoms with Crippen LogP contribution in [0.25, 0.3) is 0 Å². The van der Waals surface area contributed by atoms with E-state index >= 15 is 0 Å². The minimum absolute atomic E-state index is 0.144. The summed E-state index contributed by atoms with van der Waals surface area (Å²) in [5, 5.41) is 12.6.